The van der Waals surface area contributed by atoms with E-state index in [2.05, 4.69) is 17.4 Å². The predicted octanol–water partition coefficient (Wildman–Crippen LogP) is 3.18. The van der Waals surface area contributed by atoms with Crippen LogP contribution < -0.4 is 31.0 Å². The van der Waals surface area contributed by atoms with Crippen molar-refractivity contribution < 1.29 is 19.3 Å². The van der Waals surface area contributed by atoms with Crippen LogP contribution in [0.1, 0.15) is 17.2 Å². The highest BCUT2D eigenvalue weighted by Crippen LogP contribution is 2.31. The highest BCUT2D eigenvalue weighted by molar-refractivity contribution is 5.70. The number of aliphatic hydroxyl groups is 1. The van der Waals surface area contributed by atoms with E-state index in [0.717, 1.165) is 12.0 Å². The van der Waals surface area contributed by atoms with E-state index in [-0.39, 0.29) is 12.6 Å². The van der Waals surface area contributed by atoms with Crippen molar-refractivity contribution >= 4 is 11.4 Å². The third kappa shape index (κ3) is 6.06. The molecule has 0 saturated heterocycles. The molecule has 0 aromatic heterocycles. The lowest BCUT2D eigenvalue weighted by Gasteiger charge is -2.23. The fourth-order valence-electron chi connectivity index (χ4n) is 3.44. The molecule has 0 radical (unpaired) electrons. The van der Waals surface area contributed by atoms with Gasteiger partial charge in [0.1, 0.15) is 18.5 Å². The summed E-state index contributed by atoms with van der Waals surface area (Å²) in [6.07, 6.45) is 0.000693. The van der Waals surface area contributed by atoms with E-state index in [4.69, 9.17) is 25.7 Å². The van der Waals surface area contributed by atoms with Crippen molar-refractivity contribution in [3.8, 4) is 17.2 Å². The van der Waals surface area contributed by atoms with Gasteiger partial charge in [0.05, 0.1) is 25.6 Å². The Labute approximate surface area is 188 Å². The maximum atomic E-state index is 10.5. The van der Waals surface area contributed by atoms with Gasteiger partial charge in [-0.25, -0.2) is 0 Å². The second-order valence-corrected chi connectivity index (χ2v) is 7.49. The molecule has 32 heavy (non-hydrogen) atoms. The molecule has 0 spiro atoms. The quantitative estimate of drug-likeness (QED) is 0.341. The van der Waals surface area contributed by atoms with E-state index in [0.29, 0.717) is 35.2 Å². The molecule has 0 bridgehead atoms. The lowest BCUT2D eigenvalue weighted by molar-refractivity contribution is 0.104. The molecule has 6 N–H and O–H groups in total. The first kappa shape index (κ1) is 23.2. The summed E-state index contributed by atoms with van der Waals surface area (Å²) in [6.45, 7) is 0.415. The van der Waals surface area contributed by atoms with Crippen molar-refractivity contribution in [1.82, 2.24) is 5.32 Å². The summed E-state index contributed by atoms with van der Waals surface area (Å²) < 4.78 is 16.5. The number of anilines is 2. The van der Waals surface area contributed by atoms with Gasteiger partial charge in [-0.3, -0.25) is 0 Å². The summed E-state index contributed by atoms with van der Waals surface area (Å²) in [4.78, 5) is 0. The number of benzene rings is 3. The number of ether oxygens (including phenoxy) is 3. The SMILES string of the molecule is COc1ccc(C(Cc2ccccc2)NC[C@H](O)COc2cccc(N)c2N)cc1OC. The molecule has 1 unspecified atom stereocenters. The summed E-state index contributed by atoms with van der Waals surface area (Å²) in [6, 6.07) is 21.2. The van der Waals surface area contributed by atoms with Gasteiger partial charge >= 0.3 is 0 Å². The number of hydrogen-bond acceptors (Lipinski definition) is 7. The summed E-state index contributed by atoms with van der Waals surface area (Å²) >= 11 is 0. The zero-order chi connectivity index (χ0) is 22.9. The van der Waals surface area contributed by atoms with Gasteiger partial charge in [-0.15, -0.1) is 0 Å². The summed E-state index contributed by atoms with van der Waals surface area (Å²) in [5.41, 5.74) is 14.8. The zero-order valence-electron chi connectivity index (χ0n) is 18.5. The highest BCUT2D eigenvalue weighted by atomic mass is 16.5. The van der Waals surface area contributed by atoms with Crippen molar-refractivity contribution in [1.29, 1.82) is 0 Å². The Hall–Kier alpha value is -3.42. The van der Waals surface area contributed by atoms with E-state index in [1.165, 1.54) is 5.56 Å². The van der Waals surface area contributed by atoms with E-state index >= 15 is 0 Å². The molecule has 0 fully saturated rings. The van der Waals surface area contributed by atoms with Crippen LogP contribution in [-0.4, -0.2) is 38.6 Å². The number of nitrogens with two attached hydrogens (primary N) is 2. The zero-order valence-corrected chi connectivity index (χ0v) is 18.5. The van der Waals surface area contributed by atoms with Crippen LogP contribution in [0.3, 0.4) is 0 Å². The molecule has 7 heteroatoms. The average Bonchev–Trinajstić information content (AvgIpc) is 2.82. The molecule has 3 rings (SSSR count). The van der Waals surface area contributed by atoms with Crippen LogP contribution in [0, 0.1) is 0 Å². The fraction of sp³-hybridized carbons (Fsp3) is 0.280. The van der Waals surface area contributed by atoms with Crippen molar-refractivity contribution in [2.75, 3.05) is 38.8 Å². The molecule has 7 nitrogen and oxygen atoms in total. The molecule has 0 amide bonds. The van der Waals surface area contributed by atoms with Gasteiger partial charge in [-0.1, -0.05) is 42.5 Å². The van der Waals surface area contributed by atoms with Gasteiger partial charge in [0.25, 0.3) is 0 Å². The third-order valence-corrected chi connectivity index (χ3v) is 5.22. The first-order valence-corrected chi connectivity index (χ1v) is 10.5. The molecule has 3 aromatic rings. The normalized spacial score (nSPS) is 12.7. The third-order valence-electron chi connectivity index (χ3n) is 5.22. The summed E-state index contributed by atoms with van der Waals surface area (Å²) in [7, 11) is 3.23. The van der Waals surface area contributed by atoms with Crippen LogP contribution in [0.2, 0.25) is 0 Å². The topological polar surface area (TPSA) is 112 Å². The van der Waals surface area contributed by atoms with Crippen molar-refractivity contribution in [3.05, 3.63) is 77.9 Å². The van der Waals surface area contributed by atoms with Crippen LogP contribution in [0.25, 0.3) is 0 Å². The van der Waals surface area contributed by atoms with Gasteiger partial charge in [-0.2, -0.15) is 0 Å². The van der Waals surface area contributed by atoms with Crippen LogP contribution in [-0.2, 0) is 6.42 Å². The minimum atomic E-state index is -0.741. The smallest absolute Gasteiger partial charge is 0.161 e. The van der Waals surface area contributed by atoms with Crippen LogP contribution in [0.4, 0.5) is 11.4 Å². The second kappa shape index (κ2) is 11.3. The molecule has 2 atom stereocenters. The predicted molar refractivity (Wildman–Crippen MR) is 127 cm³/mol. The molecule has 170 valence electrons. The van der Waals surface area contributed by atoms with Crippen molar-refractivity contribution in [2.24, 2.45) is 0 Å². The Balaban J connectivity index is 1.69. The lowest BCUT2D eigenvalue weighted by atomic mass is 9.98. The van der Waals surface area contributed by atoms with E-state index in [9.17, 15) is 5.11 Å². The Morgan fingerprint density at radius 1 is 0.875 bits per heavy atom. The van der Waals surface area contributed by atoms with Crippen molar-refractivity contribution in [3.63, 3.8) is 0 Å². The summed E-state index contributed by atoms with van der Waals surface area (Å²) in [5.74, 6) is 1.79. The molecule has 0 heterocycles. The van der Waals surface area contributed by atoms with Crippen LogP contribution >= 0.6 is 0 Å². The van der Waals surface area contributed by atoms with E-state index in [1.54, 1.807) is 32.4 Å². The Morgan fingerprint density at radius 2 is 1.62 bits per heavy atom. The van der Waals surface area contributed by atoms with Crippen LogP contribution in [0.15, 0.2) is 66.7 Å². The number of aliphatic hydroxyl groups excluding tert-OH is 1. The molecule has 0 aliphatic rings. The Kier molecular flexibility index (Phi) is 8.19. The highest BCUT2D eigenvalue weighted by Gasteiger charge is 2.17. The van der Waals surface area contributed by atoms with Crippen LogP contribution in [0.5, 0.6) is 17.2 Å². The van der Waals surface area contributed by atoms with Crippen molar-refractivity contribution in [2.45, 2.75) is 18.6 Å². The molecule has 3 aromatic carbocycles. The number of nitrogen functional groups attached to an aromatic ring is 2. The van der Waals surface area contributed by atoms with E-state index < -0.39 is 6.10 Å². The summed E-state index contributed by atoms with van der Waals surface area (Å²) in [5, 5.41) is 14.0. The maximum Gasteiger partial charge on any atom is 0.161 e. The number of nitrogens with one attached hydrogen (secondary N) is 1. The van der Waals surface area contributed by atoms with Gasteiger partial charge in [0, 0.05) is 12.6 Å². The number of methoxy groups -OCH3 is 2. The van der Waals surface area contributed by atoms with Gasteiger partial charge in [0.15, 0.2) is 11.5 Å². The first-order valence-electron chi connectivity index (χ1n) is 10.5. The molecule has 0 aliphatic carbocycles. The van der Waals surface area contributed by atoms with Gasteiger partial charge in [0.2, 0.25) is 0 Å². The Bertz CT molecular complexity index is 998. The first-order chi connectivity index (χ1) is 15.5. The molecular formula is C25H31N3O4. The molecule has 0 saturated carbocycles. The maximum absolute atomic E-state index is 10.5. The second-order valence-electron chi connectivity index (χ2n) is 7.49. The van der Waals surface area contributed by atoms with Gasteiger partial charge in [-0.05, 0) is 41.8 Å². The lowest BCUT2D eigenvalue weighted by Crippen LogP contribution is -2.34. The Morgan fingerprint density at radius 3 is 2.34 bits per heavy atom. The minimum Gasteiger partial charge on any atom is -0.493 e. The number of rotatable bonds is 11. The number of hydrogen-bond donors (Lipinski definition) is 4. The monoisotopic (exact) mass is 437 g/mol. The average molecular weight is 438 g/mol. The molecule has 0 aliphatic heterocycles. The number of para-hydroxylation sites is 1. The minimum absolute atomic E-state index is 0.0516. The van der Waals surface area contributed by atoms with Gasteiger partial charge < -0.3 is 36.1 Å². The fourth-order valence-corrected chi connectivity index (χ4v) is 3.44. The standard InChI is InChI=1S/C25H31N3O4/c1-30-22-12-11-18(14-24(22)31-2)21(13-17-7-4-3-5-8-17)28-15-19(29)16-32-23-10-6-9-20(26)25(23)27/h3-12,14,19,21,28-29H,13,15-16,26-27H2,1-2H3/t19-,21?/m0/s1. The molecular weight excluding hydrogens is 406 g/mol. The largest absolute Gasteiger partial charge is 0.493 e. The van der Waals surface area contributed by atoms with E-state index in [1.807, 2.05) is 36.4 Å².